The van der Waals surface area contributed by atoms with Gasteiger partial charge in [-0.05, 0) is 36.8 Å². The Morgan fingerprint density at radius 1 is 1.13 bits per heavy atom. The van der Waals surface area contributed by atoms with Crippen LogP contribution in [-0.2, 0) is 6.42 Å². The maximum absolute atomic E-state index is 10.9. The van der Waals surface area contributed by atoms with Gasteiger partial charge in [0.2, 0.25) is 0 Å². The van der Waals surface area contributed by atoms with Crippen LogP contribution in [0.2, 0.25) is 0 Å². The molecule has 0 unspecified atom stereocenters. The number of aromatic nitrogens is 4. The monoisotopic (exact) mass is 415 g/mol. The first-order valence-electron chi connectivity index (χ1n) is 9.70. The average molecular weight is 415 g/mol. The van der Waals surface area contributed by atoms with Crippen LogP contribution in [0.3, 0.4) is 0 Å². The minimum atomic E-state index is -0.441. The van der Waals surface area contributed by atoms with Crippen LogP contribution in [0.5, 0.6) is 11.5 Å². The number of non-ortho nitro benzene ring substituents is 1. The summed E-state index contributed by atoms with van der Waals surface area (Å²) in [4.78, 5) is 22.8. The van der Waals surface area contributed by atoms with Gasteiger partial charge in [-0.2, -0.15) is 4.98 Å². The van der Waals surface area contributed by atoms with Crippen LogP contribution < -0.4 is 4.74 Å². The third-order valence-electron chi connectivity index (χ3n) is 5.13. The molecule has 0 aliphatic rings. The molecule has 0 radical (unpaired) electrons. The van der Waals surface area contributed by atoms with Gasteiger partial charge in [0.25, 0.3) is 11.6 Å². The fourth-order valence-corrected chi connectivity index (χ4v) is 3.62. The van der Waals surface area contributed by atoms with E-state index < -0.39 is 4.92 Å². The average Bonchev–Trinajstić information content (AvgIpc) is 3.39. The molecule has 3 heterocycles. The quantitative estimate of drug-likeness (QED) is 0.304. The summed E-state index contributed by atoms with van der Waals surface area (Å²) in [5.41, 5.74) is 3.25. The van der Waals surface area contributed by atoms with E-state index in [1.54, 1.807) is 18.3 Å². The molecule has 5 rings (SSSR count). The molecule has 0 aliphatic heterocycles. The number of H-pyrrole nitrogens is 1. The number of hydrogen-bond acceptors (Lipinski definition) is 7. The number of nitrogens with zero attached hydrogens (tertiary/aromatic N) is 4. The molecule has 0 saturated carbocycles. The number of aromatic amines is 1. The Hall–Kier alpha value is -4.27. The molecule has 1 N–H and O–H groups in total. The van der Waals surface area contributed by atoms with Crippen molar-refractivity contribution in [1.82, 2.24) is 20.1 Å². The minimum Gasteiger partial charge on any atom is -0.457 e. The van der Waals surface area contributed by atoms with Crippen molar-refractivity contribution >= 4 is 27.5 Å². The summed E-state index contributed by atoms with van der Waals surface area (Å²) in [6.45, 7) is 3.91. The van der Waals surface area contributed by atoms with E-state index in [0.29, 0.717) is 35.3 Å². The predicted molar refractivity (Wildman–Crippen MR) is 114 cm³/mol. The van der Waals surface area contributed by atoms with Gasteiger partial charge in [-0.1, -0.05) is 18.1 Å². The molecule has 9 nitrogen and oxygen atoms in total. The Balaban J connectivity index is 1.65. The third-order valence-corrected chi connectivity index (χ3v) is 5.13. The highest BCUT2D eigenvalue weighted by molar-refractivity contribution is 6.12. The van der Waals surface area contributed by atoms with Gasteiger partial charge in [0, 0.05) is 23.9 Å². The summed E-state index contributed by atoms with van der Waals surface area (Å²) in [5, 5.41) is 16.7. The third kappa shape index (κ3) is 3.16. The summed E-state index contributed by atoms with van der Waals surface area (Å²) in [7, 11) is 0. The fraction of sp³-hybridized carbons (Fsp3) is 0.136. The van der Waals surface area contributed by atoms with Gasteiger partial charge in [-0.15, -0.1) is 0 Å². The number of ether oxygens (including phenoxy) is 1. The van der Waals surface area contributed by atoms with Crippen LogP contribution in [-0.4, -0.2) is 25.0 Å². The van der Waals surface area contributed by atoms with Crippen LogP contribution in [0.1, 0.15) is 18.3 Å². The lowest BCUT2D eigenvalue weighted by atomic mass is 10.1. The fourth-order valence-electron chi connectivity index (χ4n) is 3.62. The van der Waals surface area contributed by atoms with Crippen LogP contribution in [0.4, 0.5) is 5.69 Å². The van der Waals surface area contributed by atoms with E-state index in [1.807, 2.05) is 32.0 Å². The summed E-state index contributed by atoms with van der Waals surface area (Å²) in [6, 6.07) is 11.7. The lowest BCUT2D eigenvalue weighted by Crippen LogP contribution is -1.91. The number of fused-ring (bicyclic) bond motifs is 3. The largest absolute Gasteiger partial charge is 0.457 e. The van der Waals surface area contributed by atoms with Crippen LogP contribution in [0, 0.1) is 17.0 Å². The maximum atomic E-state index is 10.9. The second kappa shape index (κ2) is 7.21. The summed E-state index contributed by atoms with van der Waals surface area (Å²) < 4.78 is 11.5. The van der Waals surface area contributed by atoms with Gasteiger partial charge in [-0.25, -0.2) is 4.98 Å². The van der Waals surface area contributed by atoms with Crippen LogP contribution >= 0.6 is 0 Å². The molecule has 0 atom stereocenters. The molecule has 3 aromatic heterocycles. The zero-order valence-electron chi connectivity index (χ0n) is 16.7. The molecule has 0 saturated heterocycles. The highest BCUT2D eigenvalue weighted by Crippen LogP contribution is 2.39. The molecular formula is C22H17N5O4. The van der Waals surface area contributed by atoms with E-state index in [2.05, 4.69) is 20.1 Å². The van der Waals surface area contributed by atoms with E-state index >= 15 is 0 Å². The Morgan fingerprint density at radius 2 is 1.94 bits per heavy atom. The molecule has 154 valence electrons. The molecular weight excluding hydrogens is 398 g/mol. The number of rotatable bonds is 5. The molecule has 31 heavy (non-hydrogen) atoms. The Labute approximate surface area is 175 Å². The second-order valence-electron chi connectivity index (χ2n) is 7.05. The summed E-state index contributed by atoms with van der Waals surface area (Å²) >= 11 is 0. The normalized spacial score (nSPS) is 11.3. The van der Waals surface area contributed by atoms with Gasteiger partial charge in [0.1, 0.15) is 17.2 Å². The Bertz CT molecular complexity index is 1440. The summed E-state index contributed by atoms with van der Waals surface area (Å²) in [5.74, 6) is 2.12. The van der Waals surface area contributed by atoms with Gasteiger partial charge in [0.15, 0.2) is 5.82 Å². The van der Waals surface area contributed by atoms with E-state index in [4.69, 9.17) is 9.26 Å². The molecule has 2 aromatic carbocycles. The number of nitro groups is 1. The van der Waals surface area contributed by atoms with Crippen LogP contribution in [0.15, 0.2) is 53.2 Å². The zero-order valence-corrected chi connectivity index (χ0v) is 16.7. The van der Waals surface area contributed by atoms with Crippen molar-refractivity contribution in [3.05, 3.63) is 70.2 Å². The van der Waals surface area contributed by atoms with Gasteiger partial charge >= 0.3 is 0 Å². The van der Waals surface area contributed by atoms with Gasteiger partial charge in [0.05, 0.1) is 27.5 Å². The van der Waals surface area contributed by atoms with E-state index in [-0.39, 0.29) is 5.69 Å². The van der Waals surface area contributed by atoms with Crippen molar-refractivity contribution in [2.45, 2.75) is 20.3 Å². The maximum Gasteiger partial charge on any atom is 0.276 e. The first-order valence-corrected chi connectivity index (χ1v) is 9.70. The van der Waals surface area contributed by atoms with Gasteiger partial charge < -0.3 is 14.2 Å². The molecule has 0 spiro atoms. The molecule has 0 fully saturated rings. The second-order valence-corrected chi connectivity index (χ2v) is 7.05. The van der Waals surface area contributed by atoms with E-state index in [1.165, 1.54) is 12.1 Å². The highest BCUT2D eigenvalue weighted by atomic mass is 16.6. The number of benzene rings is 2. The Morgan fingerprint density at radius 3 is 2.65 bits per heavy atom. The van der Waals surface area contributed by atoms with Crippen molar-refractivity contribution in [2.24, 2.45) is 0 Å². The van der Waals surface area contributed by atoms with Crippen molar-refractivity contribution in [3.8, 4) is 23.1 Å². The first kappa shape index (κ1) is 18.7. The zero-order chi connectivity index (χ0) is 21.5. The molecule has 9 heteroatoms. The van der Waals surface area contributed by atoms with Crippen molar-refractivity contribution < 1.29 is 14.2 Å². The SMILES string of the molecule is CCc1noc(-c2ncc3[nH]c4cccc(Oc5ccc([N+](=O)[O-])cc5)c4c3c2C)n1. The standard InChI is InChI=1S/C22H17N5O4/c1-3-18-25-22(31-26-18)21-12(2)19-16(11-23-21)24-15-5-4-6-17(20(15)19)30-14-9-7-13(8-10-14)27(28)29/h4-11,24H,3H2,1-2H3. The van der Waals surface area contributed by atoms with Crippen molar-refractivity contribution in [1.29, 1.82) is 0 Å². The first-order chi connectivity index (χ1) is 15.0. The predicted octanol–water partition coefficient (Wildman–Crippen LogP) is 5.34. The molecule has 0 bridgehead atoms. The van der Waals surface area contributed by atoms with Crippen molar-refractivity contribution in [3.63, 3.8) is 0 Å². The number of aryl methyl sites for hydroxylation is 2. The summed E-state index contributed by atoms with van der Waals surface area (Å²) in [6.07, 6.45) is 2.41. The smallest absolute Gasteiger partial charge is 0.276 e. The molecule has 0 amide bonds. The number of nitrogens with one attached hydrogen (secondary N) is 1. The topological polar surface area (TPSA) is 120 Å². The lowest BCUT2D eigenvalue weighted by molar-refractivity contribution is -0.384. The number of hydrogen-bond donors (Lipinski definition) is 1. The van der Waals surface area contributed by atoms with Crippen LogP contribution in [0.25, 0.3) is 33.4 Å². The molecule has 0 aliphatic carbocycles. The highest BCUT2D eigenvalue weighted by Gasteiger charge is 2.19. The number of pyridine rings is 1. The van der Waals surface area contributed by atoms with E-state index in [0.717, 1.165) is 27.4 Å². The Kier molecular flexibility index (Phi) is 4.36. The number of nitro benzene ring substituents is 1. The minimum absolute atomic E-state index is 0.00946. The van der Waals surface area contributed by atoms with Gasteiger partial charge in [-0.3, -0.25) is 10.1 Å². The van der Waals surface area contributed by atoms with E-state index in [9.17, 15) is 10.1 Å². The molecule has 5 aromatic rings. The van der Waals surface area contributed by atoms with Crippen molar-refractivity contribution in [2.75, 3.05) is 0 Å². The lowest BCUT2D eigenvalue weighted by Gasteiger charge is -2.08.